The zero-order chi connectivity index (χ0) is 28.0. The van der Waals surface area contributed by atoms with Gasteiger partial charge in [0, 0.05) is 22.3 Å². The lowest BCUT2D eigenvalue weighted by molar-refractivity contribution is -0.394. The minimum Gasteiger partial charge on any atom is -0.465 e. The second-order valence-electron chi connectivity index (χ2n) is 7.27. The van der Waals surface area contributed by atoms with Crippen LogP contribution in [0, 0.1) is 31.6 Å². The third kappa shape index (κ3) is 6.41. The van der Waals surface area contributed by atoms with Gasteiger partial charge in [0.1, 0.15) is 11.6 Å². The van der Waals surface area contributed by atoms with E-state index < -0.39 is 38.7 Å². The molecule has 0 spiro atoms. The van der Waals surface area contributed by atoms with Gasteiger partial charge in [0.2, 0.25) is 5.75 Å². The van der Waals surface area contributed by atoms with Crippen molar-refractivity contribution in [3.8, 4) is 17.6 Å². The minimum atomic E-state index is -0.874. The van der Waals surface area contributed by atoms with Crippen molar-refractivity contribution < 1.29 is 28.9 Å². The number of amides is 1. The lowest BCUT2D eigenvalue weighted by atomic mass is 10.1. The summed E-state index contributed by atoms with van der Waals surface area (Å²) < 4.78 is 10.2. The van der Waals surface area contributed by atoms with Crippen molar-refractivity contribution in [2.45, 2.75) is 0 Å². The molecule has 0 aliphatic carbocycles. The number of benzene rings is 3. The topological polar surface area (TPSA) is 175 Å². The Morgan fingerprint density at radius 3 is 2.29 bits per heavy atom. The average molecular weight is 557 g/mol. The van der Waals surface area contributed by atoms with Crippen molar-refractivity contribution in [1.82, 2.24) is 0 Å². The number of halogens is 2. The predicted octanol–water partition coefficient (Wildman–Crippen LogP) is 5.93. The molecule has 0 fully saturated rings. The van der Waals surface area contributed by atoms with E-state index in [0.717, 1.165) is 18.2 Å². The van der Waals surface area contributed by atoms with Crippen molar-refractivity contribution in [2.24, 2.45) is 0 Å². The molecule has 0 aliphatic heterocycles. The van der Waals surface area contributed by atoms with Crippen LogP contribution in [0.3, 0.4) is 0 Å². The number of hydrogen-bond donors (Lipinski definition) is 1. The maximum atomic E-state index is 12.8. The quantitative estimate of drug-likeness (QED) is 0.116. The molecule has 14 heteroatoms. The molecule has 12 nitrogen and oxygen atoms in total. The van der Waals surface area contributed by atoms with Crippen LogP contribution in [0.2, 0.25) is 10.0 Å². The number of carbonyl (C=O) groups is 2. The summed E-state index contributed by atoms with van der Waals surface area (Å²) in [4.78, 5) is 45.1. The molecule has 0 unspecified atom stereocenters. The van der Waals surface area contributed by atoms with Crippen LogP contribution in [0.5, 0.6) is 11.5 Å². The van der Waals surface area contributed by atoms with Crippen molar-refractivity contribution in [2.75, 3.05) is 12.4 Å². The van der Waals surface area contributed by atoms with Crippen LogP contribution in [0.4, 0.5) is 17.1 Å². The zero-order valence-corrected chi connectivity index (χ0v) is 20.6. The molecular formula is C24H14Cl2N4O8. The van der Waals surface area contributed by atoms with Gasteiger partial charge in [0.05, 0.1) is 33.6 Å². The Morgan fingerprint density at radius 2 is 1.71 bits per heavy atom. The number of methoxy groups -OCH3 is 1. The highest BCUT2D eigenvalue weighted by molar-refractivity contribution is 6.36. The number of nitrogens with zero attached hydrogens (tertiary/aromatic N) is 3. The number of nitro benzene ring substituents is 2. The molecule has 0 saturated carbocycles. The third-order valence-electron chi connectivity index (χ3n) is 4.83. The lowest BCUT2D eigenvalue weighted by Crippen LogP contribution is -2.13. The Hall–Kier alpha value is -4.99. The van der Waals surface area contributed by atoms with Crippen LogP contribution in [0.25, 0.3) is 6.08 Å². The number of nitro groups is 2. The smallest absolute Gasteiger partial charge is 0.337 e. The van der Waals surface area contributed by atoms with Gasteiger partial charge in [-0.25, -0.2) is 4.79 Å². The van der Waals surface area contributed by atoms with Crippen LogP contribution in [-0.4, -0.2) is 28.8 Å². The summed E-state index contributed by atoms with van der Waals surface area (Å²) in [5, 5.41) is 34.6. The van der Waals surface area contributed by atoms with E-state index in [9.17, 15) is 35.1 Å². The molecular weight excluding hydrogens is 543 g/mol. The standard InChI is InChI=1S/C24H14Cl2N4O8/c1-37-24(32)13-2-4-17(5-3-13)28-23(31)15(12-27)8-14-9-16(25)10-19(26)22(14)38-21-7-6-18(29(33)34)11-20(21)30(35)36/h2-11H,1H3,(H,28,31)/b15-8+. The number of rotatable bonds is 8. The van der Waals surface area contributed by atoms with Gasteiger partial charge in [-0.1, -0.05) is 23.2 Å². The van der Waals surface area contributed by atoms with Crippen LogP contribution < -0.4 is 10.1 Å². The first-order valence-electron chi connectivity index (χ1n) is 10.2. The highest BCUT2D eigenvalue weighted by Crippen LogP contribution is 2.41. The highest BCUT2D eigenvalue weighted by Gasteiger charge is 2.23. The van der Waals surface area contributed by atoms with E-state index >= 15 is 0 Å². The molecule has 0 aliphatic rings. The Kier molecular flexibility index (Phi) is 8.59. The molecule has 0 radical (unpaired) electrons. The number of non-ortho nitro benzene ring substituents is 1. The molecule has 0 atom stereocenters. The van der Waals surface area contributed by atoms with Gasteiger partial charge in [-0.2, -0.15) is 5.26 Å². The van der Waals surface area contributed by atoms with Crippen molar-refractivity contribution in [1.29, 1.82) is 5.26 Å². The Balaban J connectivity index is 1.98. The van der Waals surface area contributed by atoms with Crippen LogP contribution in [-0.2, 0) is 9.53 Å². The zero-order valence-electron chi connectivity index (χ0n) is 19.1. The normalized spacial score (nSPS) is 10.7. The monoisotopic (exact) mass is 556 g/mol. The largest absolute Gasteiger partial charge is 0.465 e. The molecule has 1 amide bonds. The summed E-state index contributed by atoms with van der Waals surface area (Å²) in [5.74, 6) is -1.98. The van der Waals surface area contributed by atoms with Gasteiger partial charge in [0.25, 0.3) is 11.6 Å². The van der Waals surface area contributed by atoms with Gasteiger partial charge >= 0.3 is 11.7 Å². The molecule has 3 rings (SSSR count). The van der Waals surface area contributed by atoms with Crippen molar-refractivity contribution in [3.05, 3.63) is 102 Å². The van der Waals surface area contributed by atoms with Gasteiger partial charge in [0.15, 0.2) is 5.75 Å². The highest BCUT2D eigenvalue weighted by atomic mass is 35.5. The molecule has 3 aromatic rings. The van der Waals surface area contributed by atoms with E-state index in [0.29, 0.717) is 6.07 Å². The predicted molar refractivity (Wildman–Crippen MR) is 136 cm³/mol. The van der Waals surface area contributed by atoms with Gasteiger partial charge in [-0.05, 0) is 48.5 Å². The van der Waals surface area contributed by atoms with Crippen LogP contribution >= 0.6 is 23.2 Å². The van der Waals surface area contributed by atoms with E-state index in [-0.39, 0.29) is 38.4 Å². The van der Waals surface area contributed by atoms with E-state index in [2.05, 4.69) is 10.1 Å². The second kappa shape index (κ2) is 11.8. The molecule has 38 heavy (non-hydrogen) atoms. The van der Waals surface area contributed by atoms with E-state index in [1.54, 1.807) is 6.07 Å². The van der Waals surface area contributed by atoms with Gasteiger partial charge in [-0.3, -0.25) is 25.0 Å². The number of nitrogens with one attached hydrogen (secondary N) is 1. The Bertz CT molecular complexity index is 1530. The SMILES string of the molecule is COC(=O)c1ccc(NC(=O)/C(C#N)=C/c2cc(Cl)cc(Cl)c2Oc2ccc([N+](=O)[O-])cc2[N+](=O)[O-])cc1. The maximum absolute atomic E-state index is 12.8. The average Bonchev–Trinajstić information content (AvgIpc) is 2.88. The van der Waals surface area contributed by atoms with Crippen molar-refractivity contribution >= 4 is 58.2 Å². The summed E-state index contributed by atoms with van der Waals surface area (Å²) in [6.45, 7) is 0. The number of anilines is 1. The van der Waals surface area contributed by atoms with Crippen LogP contribution in [0.15, 0.2) is 60.2 Å². The maximum Gasteiger partial charge on any atom is 0.337 e. The number of ether oxygens (including phenoxy) is 2. The van der Waals surface area contributed by atoms with E-state index in [4.69, 9.17) is 27.9 Å². The minimum absolute atomic E-state index is 0.0166. The fourth-order valence-corrected chi connectivity index (χ4v) is 3.61. The third-order valence-corrected chi connectivity index (χ3v) is 5.33. The fourth-order valence-electron chi connectivity index (χ4n) is 3.06. The molecule has 0 bridgehead atoms. The first-order valence-corrected chi connectivity index (χ1v) is 11.0. The lowest BCUT2D eigenvalue weighted by Gasteiger charge is -2.12. The number of carbonyl (C=O) groups excluding carboxylic acids is 2. The summed E-state index contributed by atoms with van der Waals surface area (Å²) in [5.41, 5.74) is -1.13. The molecule has 3 aromatic carbocycles. The summed E-state index contributed by atoms with van der Waals surface area (Å²) >= 11 is 12.3. The van der Waals surface area contributed by atoms with Gasteiger partial charge in [-0.15, -0.1) is 0 Å². The Labute approximate surface area is 223 Å². The number of esters is 1. The van der Waals surface area contributed by atoms with E-state index in [1.807, 2.05) is 0 Å². The second-order valence-corrected chi connectivity index (χ2v) is 8.11. The summed E-state index contributed by atoms with van der Waals surface area (Å²) in [7, 11) is 1.22. The number of hydrogen-bond acceptors (Lipinski definition) is 9. The van der Waals surface area contributed by atoms with E-state index in [1.165, 1.54) is 43.5 Å². The van der Waals surface area contributed by atoms with Crippen LogP contribution in [0.1, 0.15) is 15.9 Å². The van der Waals surface area contributed by atoms with Gasteiger partial charge < -0.3 is 14.8 Å². The first-order chi connectivity index (χ1) is 18.0. The summed E-state index contributed by atoms with van der Waals surface area (Å²) in [6, 6.07) is 12.7. The molecule has 1 N–H and O–H groups in total. The number of nitriles is 1. The first kappa shape index (κ1) is 27.6. The molecule has 0 aromatic heterocycles. The molecule has 0 saturated heterocycles. The van der Waals surface area contributed by atoms with Crippen molar-refractivity contribution in [3.63, 3.8) is 0 Å². The molecule has 192 valence electrons. The Morgan fingerprint density at radius 1 is 1.03 bits per heavy atom. The summed E-state index contributed by atoms with van der Waals surface area (Å²) in [6.07, 6.45) is 1.10. The fraction of sp³-hybridized carbons (Fsp3) is 0.0417. The molecule has 0 heterocycles.